The second-order valence-electron chi connectivity index (χ2n) is 5.85. The molecule has 0 aliphatic heterocycles. The fourth-order valence-corrected chi connectivity index (χ4v) is 2.97. The Balaban J connectivity index is 1.92. The number of aryl methyl sites for hydroxylation is 1. The Morgan fingerprint density at radius 1 is 1.15 bits per heavy atom. The number of ether oxygens (including phenoxy) is 1. The Kier molecular flexibility index (Phi) is 3.76. The third kappa shape index (κ3) is 2.36. The summed E-state index contributed by atoms with van der Waals surface area (Å²) in [5, 5.41) is 4.60. The third-order valence-electron chi connectivity index (χ3n) is 4.42. The van der Waals surface area contributed by atoms with E-state index in [1.54, 1.807) is 16.8 Å². The summed E-state index contributed by atoms with van der Waals surface area (Å²) < 4.78 is 7.79. The van der Waals surface area contributed by atoms with Crippen molar-refractivity contribution in [1.29, 1.82) is 0 Å². The van der Waals surface area contributed by atoms with Gasteiger partial charge >= 0.3 is 5.97 Å². The molecule has 0 saturated heterocycles. The van der Waals surface area contributed by atoms with Gasteiger partial charge in [-0.25, -0.2) is 14.3 Å². The highest BCUT2D eigenvalue weighted by Crippen LogP contribution is 2.17. The summed E-state index contributed by atoms with van der Waals surface area (Å²) in [6, 6.07) is 9.63. The summed E-state index contributed by atoms with van der Waals surface area (Å²) in [5.74, 6) is -0.517. The van der Waals surface area contributed by atoms with Crippen LogP contribution in [0, 0.1) is 0 Å². The number of benzene rings is 1. The number of hydrogen-bond acceptors (Lipinski definition) is 5. The highest BCUT2D eigenvalue weighted by Gasteiger charge is 2.17. The van der Waals surface area contributed by atoms with Gasteiger partial charge in [-0.1, -0.05) is 19.1 Å². The van der Waals surface area contributed by atoms with E-state index in [4.69, 9.17) is 4.74 Å². The number of hydrogen-bond donors (Lipinski definition) is 0. The van der Waals surface area contributed by atoms with Gasteiger partial charge in [-0.2, -0.15) is 5.10 Å². The van der Waals surface area contributed by atoms with E-state index in [1.807, 2.05) is 24.3 Å². The number of carbonyl (C=O) groups is 1. The number of rotatable bonds is 3. The molecule has 3 aromatic heterocycles. The van der Waals surface area contributed by atoms with Crippen molar-refractivity contribution in [3.8, 4) is 5.69 Å². The maximum Gasteiger partial charge on any atom is 0.343 e. The van der Waals surface area contributed by atoms with Gasteiger partial charge in [-0.05, 0) is 30.2 Å². The van der Waals surface area contributed by atoms with Gasteiger partial charge in [0, 0.05) is 18.1 Å². The van der Waals surface area contributed by atoms with Crippen LogP contribution in [0.1, 0.15) is 22.8 Å². The van der Waals surface area contributed by atoms with E-state index in [-0.39, 0.29) is 11.1 Å². The van der Waals surface area contributed by atoms with Crippen LogP contribution in [0.15, 0.2) is 53.7 Å². The minimum atomic E-state index is -0.517. The number of aromatic nitrogens is 4. The molecule has 0 unspecified atom stereocenters. The van der Waals surface area contributed by atoms with E-state index in [0.717, 1.165) is 12.1 Å². The van der Waals surface area contributed by atoms with Crippen molar-refractivity contribution < 1.29 is 9.53 Å². The standard InChI is InChI=1S/C19H16N4O3/c1-3-12-4-6-13(7-5-12)22-9-8-16-14(18(22)24)10-20-17-15(19(25)26-2)11-21-23(16)17/h4-11H,3H2,1-2H3. The van der Waals surface area contributed by atoms with E-state index in [9.17, 15) is 9.59 Å². The third-order valence-corrected chi connectivity index (χ3v) is 4.42. The monoisotopic (exact) mass is 348 g/mol. The van der Waals surface area contributed by atoms with Crippen molar-refractivity contribution in [3.63, 3.8) is 0 Å². The average molecular weight is 348 g/mol. The summed E-state index contributed by atoms with van der Waals surface area (Å²) in [4.78, 5) is 29.0. The second kappa shape index (κ2) is 6.11. The van der Waals surface area contributed by atoms with E-state index in [1.165, 1.54) is 29.6 Å². The zero-order chi connectivity index (χ0) is 18.3. The van der Waals surface area contributed by atoms with Crippen LogP contribution < -0.4 is 5.56 Å². The lowest BCUT2D eigenvalue weighted by Crippen LogP contribution is -2.19. The predicted octanol–water partition coefficient (Wildman–Crippen LogP) is 2.38. The van der Waals surface area contributed by atoms with Crippen LogP contribution in [-0.2, 0) is 11.2 Å². The van der Waals surface area contributed by atoms with Crippen LogP contribution in [0.2, 0.25) is 0 Å². The number of carbonyl (C=O) groups excluding carboxylic acids is 1. The molecule has 0 radical (unpaired) electrons. The van der Waals surface area contributed by atoms with Crippen molar-refractivity contribution >= 4 is 22.5 Å². The topological polar surface area (TPSA) is 78.5 Å². The maximum absolute atomic E-state index is 12.9. The van der Waals surface area contributed by atoms with E-state index in [0.29, 0.717) is 16.6 Å². The number of methoxy groups -OCH3 is 1. The minimum Gasteiger partial charge on any atom is -0.465 e. The fourth-order valence-electron chi connectivity index (χ4n) is 2.97. The maximum atomic E-state index is 12.9. The van der Waals surface area contributed by atoms with Crippen LogP contribution >= 0.6 is 0 Å². The van der Waals surface area contributed by atoms with Crippen molar-refractivity contribution in [2.45, 2.75) is 13.3 Å². The number of fused-ring (bicyclic) bond motifs is 3. The van der Waals surface area contributed by atoms with Gasteiger partial charge in [0.05, 0.1) is 24.2 Å². The molecular weight excluding hydrogens is 332 g/mol. The molecule has 130 valence electrons. The predicted molar refractivity (Wildman–Crippen MR) is 96.8 cm³/mol. The van der Waals surface area contributed by atoms with Crippen molar-refractivity contribution in [2.75, 3.05) is 7.11 Å². The molecular formula is C19H16N4O3. The van der Waals surface area contributed by atoms with Gasteiger partial charge in [0.2, 0.25) is 0 Å². The molecule has 0 bridgehead atoms. The first-order valence-electron chi connectivity index (χ1n) is 8.19. The highest BCUT2D eigenvalue weighted by molar-refractivity contribution is 5.96. The lowest BCUT2D eigenvalue weighted by atomic mass is 10.1. The number of pyridine rings is 1. The Bertz CT molecular complexity index is 1190. The Morgan fingerprint density at radius 3 is 2.62 bits per heavy atom. The second-order valence-corrected chi connectivity index (χ2v) is 5.85. The molecule has 0 spiro atoms. The van der Waals surface area contributed by atoms with Gasteiger partial charge in [0.15, 0.2) is 5.65 Å². The molecule has 0 saturated carbocycles. The molecule has 7 heteroatoms. The molecule has 4 aromatic rings. The molecule has 0 N–H and O–H groups in total. The molecule has 0 aliphatic rings. The molecule has 0 atom stereocenters. The van der Waals surface area contributed by atoms with Gasteiger partial charge in [0.1, 0.15) is 5.56 Å². The normalized spacial score (nSPS) is 11.2. The summed E-state index contributed by atoms with van der Waals surface area (Å²) >= 11 is 0. The largest absolute Gasteiger partial charge is 0.465 e. The van der Waals surface area contributed by atoms with E-state index >= 15 is 0 Å². The lowest BCUT2D eigenvalue weighted by Gasteiger charge is -2.09. The number of nitrogens with zero attached hydrogens (tertiary/aromatic N) is 4. The SMILES string of the molecule is CCc1ccc(-n2ccc3c(cnc4c(C(=O)OC)cnn43)c2=O)cc1. The van der Waals surface area contributed by atoms with Gasteiger partial charge in [-0.3, -0.25) is 9.36 Å². The summed E-state index contributed by atoms with van der Waals surface area (Å²) in [6.07, 6.45) is 5.50. The first-order chi connectivity index (χ1) is 12.6. The van der Waals surface area contributed by atoms with Crippen LogP contribution in [0.5, 0.6) is 0 Å². The molecule has 1 aromatic carbocycles. The summed E-state index contributed by atoms with van der Waals surface area (Å²) in [5.41, 5.74) is 2.98. The van der Waals surface area contributed by atoms with Crippen molar-refractivity contribution in [2.24, 2.45) is 0 Å². The summed E-state index contributed by atoms with van der Waals surface area (Å²) in [7, 11) is 1.30. The van der Waals surface area contributed by atoms with Crippen LogP contribution in [0.3, 0.4) is 0 Å². The van der Waals surface area contributed by atoms with Crippen molar-refractivity contribution in [1.82, 2.24) is 19.2 Å². The molecule has 4 rings (SSSR count). The zero-order valence-electron chi connectivity index (χ0n) is 14.3. The van der Waals surface area contributed by atoms with Crippen LogP contribution in [0.4, 0.5) is 0 Å². The fraction of sp³-hybridized carbons (Fsp3) is 0.158. The smallest absolute Gasteiger partial charge is 0.343 e. The highest BCUT2D eigenvalue weighted by atomic mass is 16.5. The van der Waals surface area contributed by atoms with Gasteiger partial charge in [0.25, 0.3) is 5.56 Å². The van der Waals surface area contributed by atoms with Gasteiger partial charge < -0.3 is 4.74 Å². The average Bonchev–Trinajstić information content (AvgIpc) is 3.12. The Labute approximate surface area is 148 Å². The first kappa shape index (κ1) is 16.0. The molecule has 0 amide bonds. The molecule has 3 heterocycles. The lowest BCUT2D eigenvalue weighted by molar-refractivity contribution is 0.0602. The zero-order valence-corrected chi connectivity index (χ0v) is 14.3. The van der Waals surface area contributed by atoms with E-state index < -0.39 is 5.97 Å². The molecule has 26 heavy (non-hydrogen) atoms. The van der Waals surface area contributed by atoms with Crippen molar-refractivity contribution in [3.05, 3.63) is 70.4 Å². The Morgan fingerprint density at radius 2 is 1.92 bits per heavy atom. The van der Waals surface area contributed by atoms with E-state index in [2.05, 4.69) is 17.0 Å². The Hall–Kier alpha value is -3.48. The van der Waals surface area contributed by atoms with Crippen LogP contribution in [0.25, 0.3) is 22.2 Å². The molecule has 0 aliphatic carbocycles. The quantitative estimate of drug-likeness (QED) is 0.531. The number of esters is 1. The molecule has 0 fully saturated rings. The summed E-state index contributed by atoms with van der Waals surface area (Å²) in [6.45, 7) is 2.08. The molecule has 7 nitrogen and oxygen atoms in total. The van der Waals surface area contributed by atoms with Crippen LogP contribution in [-0.4, -0.2) is 32.2 Å². The van der Waals surface area contributed by atoms with Gasteiger partial charge in [-0.15, -0.1) is 0 Å². The first-order valence-corrected chi connectivity index (χ1v) is 8.19. The minimum absolute atomic E-state index is 0.198.